The van der Waals surface area contributed by atoms with Crippen molar-refractivity contribution in [2.24, 2.45) is 0 Å². The molecular weight excluding hydrogens is 456 g/mol. The molecule has 0 saturated carbocycles. The predicted molar refractivity (Wildman–Crippen MR) is 116 cm³/mol. The average molecular weight is 472 g/mol. The van der Waals surface area contributed by atoms with Crippen LogP contribution in [-0.4, -0.2) is 26.6 Å². The number of nitrogens with zero attached hydrogens (tertiary/aromatic N) is 2. The number of aliphatic hydroxyl groups excluding tert-OH is 1. The van der Waals surface area contributed by atoms with Gasteiger partial charge in [-0.15, -0.1) is 0 Å². The maximum Gasteiger partial charge on any atom is 0.419 e. The summed E-state index contributed by atoms with van der Waals surface area (Å²) in [5, 5.41) is 8.98. The molecule has 1 heterocycles. The molecule has 0 radical (unpaired) electrons. The number of ketones is 1. The van der Waals surface area contributed by atoms with E-state index < -0.39 is 46.9 Å². The van der Waals surface area contributed by atoms with E-state index in [2.05, 4.69) is 0 Å². The minimum absolute atomic E-state index is 0.00555. The number of halogens is 4. The van der Waals surface area contributed by atoms with Gasteiger partial charge in [-0.05, 0) is 29.8 Å². The Balaban J connectivity index is 1.95. The summed E-state index contributed by atoms with van der Waals surface area (Å²) in [6.45, 7) is -0.787. The molecule has 6 nitrogen and oxygen atoms in total. The first-order chi connectivity index (χ1) is 16.1. The molecule has 1 N–H and O–H groups in total. The van der Waals surface area contributed by atoms with Crippen molar-refractivity contribution in [3.05, 3.63) is 110 Å². The summed E-state index contributed by atoms with van der Waals surface area (Å²) in [7, 11) is 0. The zero-order chi connectivity index (χ0) is 24.6. The highest BCUT2D eigenvalue weighted by atomic mass is 19.4. The number of rotatable bonds is 5. The maximum absolute atomic E-state index is 14.8. The molecule has 10 heteroatoms. The lowest BCUT2D eigenvalue weighted by Crippen LogP contribution is -2.39. The summed E-state index contributed by atoms with van der Waals surface area (Å²) < 4.78 is 56.1. The number of para-hydroxylation sites is 1. The van der Waals surface area contributed by atoms with Gasteiger partial charge >= 0.3 is 11.9 Å². The van der Waals surface area contributed by atoms with E-state index in [4.69, 9.17) is 5.11 Å². The standard InChI is InChI=1S/C24H16F4N2O4/c25-21-17(24(26,27)28)5-3-7-19(21)30-22(33)16-4-1-2-6-18(16)29(23(30)34)12-14-8-10-15(11-9-14)20(32)13-31/h1-11,31H,12-13H2. The predicted octanol–water partition coefficient (Wildman–Crippen LogP) is 3.53. The van der Waals surface area contributed by atoms with E-state index in [0.29, 0.717) is 16.2 Å². The summed E-state index contributed by atoms with van der Waals surface area (Å²) in [5.41, 5.74) is -3.42. The number of carbonyl (C=O) groups excluding carboxylic acids is 1. The average Bonchev–Trinajstić information content (AvgIpc) is 2.82. The fraction of sp³-hybridized carbons (Fsp3) is 0.125. The summed E-state index contributed by atoms with van der Waals surface area (Å²) in [6, 6.07) is 14.3. The van der Waals surface area contributed by atoms with Crippen LogP contribution in [0.1, 0.15) is 21.5 Å². The molecule has 0 aliphatic rings. The number of carbonyl (C=O) groups is 1. The van der Waals surface area contributed by atoms with E-state index in [9.17, 15) is 31.9 Å². The molecule has 0 aliphatic carbocycles. The molecule has 0 atom stereocenters. The van der Waals surface area contributed by atoms with E-state index in [1.54, 1.807) is 6.07 Å². The molecule has 0 bridgehead atoms. The molecule has 0 unspecified atom stereocenters. The molecule has 1 aromatic heterocycles. The molecule has 174 valence electrons. The van der Waals surface area contributed by atoms with Crippen molar-refractivity contribution in [2.75, 3.05) is 6.61 Å². The van der Waals surface area contributed by atoms with Gasteiger partial charge in [0.05, 0.1) is 28.7 Å². The molecule has 4 aromatic rings. The van der Waals surface area contributed by atoms with Crippen LogP contribution >= 0.6 is 0 Å². The van der Waals surface area contributed by atoms with Gasteiger partial charge in [-0.1, -0.05) is 42.5 Å². The van der Waals surface area contributed by atoms with Gasteiger partial charge in [0.1, 0.15) is 6.61 Å². The van der Waals surface area contributed by atoms with Crippen LogP contribution in [0.25, 0.3) is 16.6 Å². The summed E-state index contributed by atoms with van der Waals surface area (Å²) in [6.07, 6.45) is -5.02. The van der Waals surface area contributed by atoms with Crippen LogP contribution < -0.4 is 11.2 Å². The number of hydrogen-bond donors (Lipinski definition) is 1. The van der Waals surface area contributed by atoms with Gasteiger partial charge in [0.2, 0.25) is 0 Å². The quantitative estimate of drug-likeness (QED) is 0.356. The van der Waals surface area contributed by atoms with Gasteiger partial charge < -0.3 is 5.11 Å². The molecule has 0 saturated heterocycles. The second-order valence-electron chi connectivity index (χ2n) is 7.44. The van der Waals surface area contributed by atoms with Gasteiger partial charge in [-0.2, -0.15) is 13.2 Å². The van der Waals surface area contributed by atoms with Crippen molar-refractivity contribution >= 4 is 16.7 Å². The Morgan fingerprint density at radius 3 is 2.24 bits per heavy atom. The van der Waals surface area contributed by atoms with E-state index in [-0.39, 0.29) is 23.0 Å². The highest BCUT2D eigenvalue weighted by Crippen LogP contribution is 2.33. The smallest absolute Gasteiger partial charge is 0.388 e. The van der Waals surface area contributed by atoms with Gasteiger partial charge in [0.25, 0.3) is 5.56 Å². The minimum atomic E-state index is -5.02. The van der Waals surface area contributed by atoms with E-state index >= 15 is 0 Å². The number of benzene rings is 3. The second-order valence-corrected chi connectivity index (χ2v) is 7.44. The first-order valence-corrected chi connectivity index (χ1v) is 9.97. The van der Waals surface area contributed by atoms with Crippen LogP contribution in [0.15, 0.2) is 76.3 Å². The highest BCUT2D eigenvalue weighted by Gasteiger charge is 2.35. The van der Waals surface area contributed by atoms with Crippen molar-refractivity contribution in [1.82, 2.24) is 9.13 Å². The van der Waals surface area contributed by atoms with Crippen molar-refractivity contribution in [3.63, 3.8) is 0 Å². The fourth-order valence-corrected chi connectivity index (χ4v) is 3.67. The number of fused-ring (bicyclic) bond motifs is 1. The minimum Gasteiger partial charge on any atom is -0.388 e. The second kappa shape index (κ2) is 8.71. The number of Topliss-reactive ketones (excluding diaryl/α,β-unsaturated/α-hetero) is 1. The highest BCUT2D eigenvalue weighted by molar-refractivity contribution is 5.96. The zero-order valence-corrected chi connectivity index (χ0v) is 17.3. The van der Waals surface area contributed by atoms with Crippen molar-refractivity contribution in [3.8, 4) is 5.69 Å². The van der Waals surface area contributed by atoms with Crippen LogP contribution in [0.5, 0.6) is 0 Å². The molecule has 0 amide bonds. The van der Waals surface area contributed by atoms with E-state index in [1.807, 2.05) is 0 Å². The summed E-state index contributed by atoms with van der Waals surface area (Å²) in [4.78, 5) is 38.0. The molecule has 0 spiro atoms. The summed E-state index contributed by atoms with van der Waals surface area (Å²) >= 11 is 0. The lowest BCUT2D eigenvalue weighted by Gasteiger charge is -2.16. The molecule has 34 heavy (non-hydrogen) atoms. The molecule has 3 aromatic carbocycles. The summed E-state index contributed by atoms with van der Waals surface area (Å²) in [5.74, 6) is -2.23. The topological polar surface area (TPSA) is 81.3 Å². The fourth-order valence-electron chi connectivity index (χ4n) is 3.67. The number of alkyl halides is 3. The van der Waals surface area contributed by atoms with Crippen LogP contribution in [0.3, 0.4) is 0 Å². The third-order valence-electron chi connectivity index (χ3n) is 5.34. The van der Waals surface area contributed by atoms with Crippen LogP contribution in [0.4, 0.5) is 17.6 Å². The first kappa shape index (κ1) is 23.1. The Kier molecular flexibility index (Phi) is 5.92. The van der Waals surface area contributed by atoms with Crippen LogP contribution in [0.2, 0.25) is 0 Å². The Bertz CT molecular complexity index is 1520. The van der Waals surface area contributed by atoms with Gasteiger partial charge in [0.15, 0.2) is 11.6 Å². The monoisotopic (exact) mass is 472 g/mol. The molecule has 0 aliphatic heterocycles. The molecule has 0 fully saturated rings. The van der Waals surface area contributed by atoms with E-state index in [0.717, 1.165) is 16.7 Å². The largest absolute Gasteiger partial charge is 0.419 e. The van der Waals surface area contributed by atoms with E-state index in [1.165, 1.54) is 42.5 Å². The maximum atomic E-state index is 14.8. The first-order valence-electron chi connectivity index (χ1n) is 9.97. The number of aromatic nitrogens is 2. The SMILES string of the molecule is O=C(CO)c1ccc(Cn2c(=O)n(-c3cccc(C(F)(F)F)c3F)c(=O)c3ccccc32)cc1. The zero-order valence-electron chi connectivity index (χ0n) is 17.3. The Morgan fingerprint density at radius 2 is 1.59 bits per heavy atom. The third kappa shape index (κ3) is 4.03. The Morgan fingerprint density at radius 1 is 0.912 bits per heavy atom. The van der Waals surface area contributed by atoms with Gasteiger partial charge in [-0.3, -0.25) is 14.2 Å². The normalized spacial score (nSPS) is 11.7. The molecular formula is C24H16F4N2O4. The lowest BCUT2D eigenvalue weighted by atomic mass is 10.1. The molecule has 4 rings (SSSR count). The van der Waals surface area contributed by atoms with Crippen LogP contribution in [-0.2, 0) is 12.7 Å². The number of aliphatic hydroxyl groups is 1. The Labute approximate surface area is 188 Å². The van der Waals surface area contributed by atoms with Crippen molar-refractivity contribution in [2.45, 2.75) is 12.7 Å². The Hall–Kier alpha value is -4.05. The van der Waals surface area contributed by atoms with Gasteiger partial charge in [0, 0.05) is 5.56 Å². The number of hydrogen-bond acceptors (Lipinski definition) is 4. The van der Waals surface area contributed by atoms with Crippen molar-refractivity contribution < 1.29 is 27.5 Å². The van der Waals surface area contributed by atoms with Gasteiger partial charge in [-0.25, -0.2) is 13.8 Å². The lowest BCUT2D eigenvalue weighted by molar-refractivity contribution is -0.140. The third-order valence-corrected chi connectivity index (χ3v) is 5.34. The van der Waals surface area contributed by atoms with Crippen LogP contribution in [0, 0.1) is 5.82 Å². The van der Waals surface area contributed by atoms with Crippen molar-refractivity contribution in [1.29, 1.82) is 0 Å².